The van der Waals surface area contributed by atoms with Crippen LogP contribution in [0.1, 0.15) is 0 Å². The normalized spacial score (nSPS) is 11.2. The second kappa shape index (κ2) is 7.38. The summed E-state index contributed by atoms with van der Waals surface area (Å²) in [5.41, 5.74) is 5.49. The quantitative estimate of drug-likeness (QED) is 0.334. The van der Waals surface area contributed by atoms with Gasteiger partial charge in [0, 0.05) is 27.8 Å². The average Bonchev–Trinajstić information content (AvgIpc) is 3.45. The van der Waals surface area contributed by atoms with Crippen LogP contribution in [0.4, 0.5) is 11.5 Å². The number of hydrogen-bond acceptors (Lipinski definition) is 4. The maximum Gasteiger partial charge on any atom is 0.151 e. The number of fused-ring (bicyclic) bond motifs is 2. The Bertz CT molecular complexity index is 1500. The van der Waals surface area contributed by atoms with Crippen molar-refractivity contribution in [3.8, 4) is 16.1 Å². The van der Waals surface area contributed by atoms with E-state index < -0.39 is 0 Å². The fraction of sp³-hybridized carbons (Fsp3) is 0. The lowest BCUT2D eigenvalue weighted by Gasteiger charge is -2.08. The maximum atomic E-state index is 4.53. The number of nitrogens with one attached hydrogen (secondary N) is 1. The van der Waals surface area contributed by atoms with Crippen LogP contribution < -0.4 is 5.32 Å². The molecule has 0 saturated heterocycles. The minimum Gasteiger partial charge on any atom is -0.339 e. The van der Waals surface area contributed by atoms with Gasteiger partial charge in [0.15, 0.2) is 5.82 Å². The highest BCUT2D eigenvalue weighted by molar-refractivity contribution is 7.22. The van der Waals surface area contributed by atoms with Crippen LogP contribution in [-0.2, 0) is 0 Å². The minimum atomic E-state index is 0.832. The molecule has 5 heteroatoms. The van der Waals surface area contributed by atoms with E-state index in [4.69, 9.17) is 0 Å². The summed E-state index contributed by atoms with van der Waals surface area (Å²) < 4.78 is 3.26. The van der Waals surface area contributed by atoms with Gasteiger partial charge in [-0.3, -0.25) is 0 Å². The van der Waals surface area contributed by atoms with Crippen LogP contribution in [0.2, 0.25) is 0 Å². The average molecular weight is 419 g/mol. The lowest BCUT2D eigenvalue weighted by Crippen LogP contribution is -1.95. The molecule has 0 spiro atoms. The first-order valence-electron chi connectivity index (χ1n) is 10.1. The molecule has 0 aliphatic heterocycles. The molecule has 0 bridgehead atoms. The van der Waals surface area contributed by atoms with Crippen molar-refractivity contribution in [1.29, 1.82) is 0 Å². The van der Waals surface area contributed by atoms with E-state index in [0.29, 0.717) is 0 Å². The molecule has 0 aliphatic carbocycles. The van der Waals surface area contributed by atoms with Crippen LogP contribution in [0.5, 0.6) is 0 Å². The Balaban J connectivity index is 1.36. The van der Waals surface area contributed by atoms with E-state index in [9.17, 15) is 0 Å². The summed E-state index contributed by atoms with van der Waals surface area (Å²) in [5, 5.41) is 4.68. The minimum absolute atomic E-state index is 0.832. The second-order valence-electron chi connectivity index (χ2n) is 7.33. The van der Waals surface area contributed by atoms with E-state index in [1.54, 1.807) is 17.7 Å². The highest BCUT2D eigenvalue weighted by Crippen LogP contribution is 2.36. The molecule has 31 heavy (non-hydrogen) atoms. The fourth-order valence-corrected chi connectivity index (χ4v) is 4.92. The molecule has 0 unspecified atom stereocenters. The zero-order valence-electron chi connectivity index (χ0n) is 16.6. The molecule has 0 aliphatic rings. The molecular formula is C26H18N4S. The van der Waals surface area contributed by atoms with Gasteiger partial charge < -0.3 is 9.88 Å². The largest absolute Gasteiger partial charge is 0.339 e. The first kappa shape index (κ1) is 17.9. The molecule has 0 radical (unpaired) electrons. The Morgan fingerprint density at radius 3 is 2.42 bits per heavy atom. The summed E-state index contributed by atoms with van der Waals surface area (Å²) in [6, 6.07) is 31.4. The van der Waals surface area contributed by atoms with Gasteiger partial charge in [0.25, 0.3) is 0 Å². The van der Waals surface area contributed by atoms with Crippen molar-refractivity contribution in [3.05, 3.63) is 104 Å². The fourth-order valence-electron chi connectivity index (χ4n) is 3.86. The standard InChI is InChI=1S/C26H18N4S/c1-3-7-18(8-4-1)24-16-22-25(31-24)26(28-17-27-22)29-20-11-12-23-19(15-20)13-14-30(23)21-9-5-2-6-10-21/h1-17H,(H,27,28,29). The van der Waals surface area contributed by atoms with E-state index >= 15 is 0 Å². The molecule has 6 aromatic rings. The van der Waals surface area contributed by atoms with Gasteiger partial charge in [-0.2, -0.15) is 0 Å². The van der Waals surface area contributed by atoms with E-state index in [1.807, 2.05) is 12.1 Å². The van der Waals surface area contributed by atoms with E-state index in [1.165, 1.54) is 21.3 Å². The van der Waals surface area contributed by atoms with Gasteiger partial charge in [-0.25, -0.2) is 9.97 Å². The Hall–Kier alpha value is -3.96. The number of thiophene rings is 1. The molecule has 0 amide bonds. The SMILES string of the molecule is c1ccc(-c2cc3ncnc(Nc4ccc5c(ccn5-c5ccccc5)c4)c3s2)cc1. The highest BCUT2D eigenvalue weighted by atomic mass is 32.1. The van der Waals surface area contributed by atoms with Crippen LogP contribution in [0, 0.1) is 0 Å². The monoisotopic (exact) mass is 418 g/mol. The van der Waals surface area contributed by atoms with Gasteiger partial charge in [-0.15, -0.1) is 11.3 Å². The van der Waals surface area contributed by atoms with Crippen molar-refractivity contribution >= 4 is 44.0 Å². The van der Waals surface area contributed by atoms with Crippen LogP contribution >= 0.6 is 11.3 Å². The molecular weight excluding hydrogens is 400 g/mol. The van der Waals surface area contributed by atoms with Gasteiger partial charge in [0.2, 0.25) is 0 Å². The number of hydrogen-bond donors (Lipinski definition) is 1. The molecule has 0 fully saturated rings. The van der Waals surface area contributed by atoms with Crippen molar-refractivity contribution in [2.75, 3.05) is 5.32 Å². The predicted octanol–water partition coefficient (Wildman–Crippen LogP) is 7.05. The third-order valence-corrected chi connectivity index (χ3v) is 6.54. The molecule has 3 heterocycles. The van der Waals surface area contributed by atoms with Crippen LogP contribution in [0.25, 0.3) is 37.2 Å². The lowest BCUT2D eigenvalue weighted by atomic mass is 10.2. The maximum absolute atomic E-state index is 4.53. The van der Waals surface area contributed by atoms with Crippen LogP contribution in [-0.4, -0.2) is 14.5 Å². The van der Waals surface area contributed by atoms with Crippen molar-refractivity contribution in [3.63, 3.8) is 0 Å². The van der Waals surface area contributed by atoms with Gasteiger partial charge in [0.1, 0.15) is 6.33 Å². The topological polar surface area (TPSA) is 42.7 Å². The number of aromatic nitrogens is 3. The molecule has 3 aromatic carbocycles. The molecule has 4 nitrogen and oxygen atoms in total. The number of rotatable bonds is 4. The first-order chi connectivity index (χ1) is 15.3. The zero-order valence-corrected chi connectivity index (χ0v) is 17.4. The predicted molar refractivity (Wildman–Crippen MR) is 129 cm³/mol. The number of anilines is 2. The van der Waals surface area contributed by atoms with E-state index in [-0.39, 0.29) is 0 Å². The Labute approximate surface area is 183 Å². The van der Waals surface area contributed by atoms with Gasteiger partial charge in [0.05, 0.1) is 15.7 Å². The van der Waals surface area contributed by atoms with E-state index in [0.717, 1.165) is 27.4 Å². The third-order valence-electron chi connectivity index (χ3n) is 5.36. The van der Waals surface area contributed by atoms with Crippen molar-refractivity contribution in [2.24, 2.45) is 0 Å². The summed E-state index contributed by atoms with van der Waals surface area (Å²) in [6.07, 6.45) is 3.73. The van der Waals surface area contributed by atoms with Gasteiger partial charge >= 0.3 is 0 Å². The molecule has 3 aromatic heterocycles. The third kappa shape index (κ3) is 3.25. The number of benzene rings is 3. The van der Waals surface area contributed by atoms with Gasteiger partial charge in [-0.05, 0) is 48.0 Å². The summed E-state index contributed by atoms with van der Waals surface area (Å²) in [6.45, 7) is 0. The number of nitrogens with zero attached hydrogens (tertiary/aromatic N) is 3. The van der Waals surface area contributed by atoms with Crippen LogP contribution in [0.15, 0.2) is 104 Å². The first-order valence-corrected chi connectivity index (χ1v) is 10.9. The Kier molecular flexibility index (Phi) is 4.25. The highest BCUT2D eigenvalue weighted by Gasteiger charge is 2.11. The zero-order chi connectivity index (χ0) is 20.6. The molecule has 148 valence electrons. The summed E-state index contributed by atoms with van der Waals surface area (Å²) in [7, 11) is 0. The smallest absolute Gasteiger partial charge is 0.151 e. The van der Waals surface area contributed by atoms with E-state index in [2.05, 4.69) is 105 Å². The molecule has 0 atom stereocenters. The summed E-state index contributed by atoms with van der Waals surface area (Å²) in [4.78, 5) is 10.2. The number of para-hydroxylation sites is 1. The molecule has 1 N–H and O–H groups in total. The lowest BCUT2D eigenvalue weighted by molar-refractivity contribution is 1.13. The molecule has 0 saturated carbocycles. The Morgan fingerprint density at radius 2 is 1.58 bits per heavy atom. The van der Waals surface area contributed by atoms with Crippen molar-refractivity contribution in [2.45, 2.75) is 0 Å². The second-order valence-corrected chi connectivity index (χ2v) is 8.39. The van der Waals surface area contributed by atoms with Crippen LogP contribution in [0.3, 0.4) is 0 Å². The molecule has 6 rings (SSSR count). The van der Waals surface area contributed by atoms with Crippen molar-refractivity contribution < 1.29 is 0 Å². The Morgan fingerprint density at radius 1 is 0.774 bits per heavy atom. The summed E-state index contributed by atoms with van der Waals surface area (Å²) in [5.74, 6) is 0.832. The van der Waals surface area contributed by atoms with Gasteiger partial charge in [-0.1, -0.05) is 48.5 Å². The van der Waals surface area contributed by atoms with Crippen molar-refractivity contribution in [1.82, 2.24) is 14.5 Å². The summed E-state index contributed by atoms with van der Waals surface area (Å²) >= 11 is 1.71.